The molecule has 1 N–H and O–H groups in total. The third-order valence-electron chi connectivity index (χ3n) is 3.48. The topological polar surface area (TPSA) is 98.5 Å². The van der Waals surface area contributed by atoms with Crippen molar-refractivity contribution in [2.45, 2.75) is 0 Å². The molecule has 0 aliphatic carbocycles. The quantitative estimate of drug-likeness (QED) is 0.435. The van der Waals surface area contributed by atoms with E-state index in [4.69, 9.17) is 0 Å². The first-order valence-corrected chi connectivity index (χ1v) is 7.97. The lowest BCUT2D eigenvalue weighted by Crippen LogP contribution is -2.11. The lowest BCUT2D eigenvalue weighted by Gasteiger charge is -2.05. The van der Waals surface area contributed by atoms with Crippen LogP contribution in [0.3, 0.4) is 0 Å². The Morgan fingerprint density at radius 3 is 2.68 bits per heavy atom. The molecule has 25 heavy (non-hydrogen) atoms. The van der Waals surface area contributed by atoms with E-state index < -0.39 is 10.9 Å². The summed E-state index contributed by atoms with van der Waals surface area (Å²) in [5.41, 5.74) is 0.756. The molecule has 3 aromatic rings. The molecule has 0 saturated carbocycles. The standard InChI is InChI=1S/C17H12N2O5S/c1-24-17(21)10-3-2-4-12(7-10)18-16(20)15-9-11-8-13(19(22)23)5-6-14(11)25-15/h2-9H,1H3,(H,18,20). The first-order valence-electron chi connectivity index (χ1n) is 7.15. The summed E-state index contributed by atoms with van der Waals surface area (Å²) >= 11 is 1.23. The second kappa shape index (κ2) is 6.70. The second-order valence-corrected chi connectivity index (χ2v) is 6.20. The molecule has 8 heteroatoms. The summed E-state index contributed by atoms with van der Waals surface area (Å²) in [7, 11) is 1.28. The van der Waals surface area contributed by atoms with E-state index in [1.165, 1.54) is 36.6 Å². The molecule has 7 nitrogen and oxygen atoms in total. The van der Waals surface area contributed by atoms with Crippen molar-refractivity contribution in [3.8, 4) is 0 Å². The van der Waals surface area contributed by atoms with Gasteiger partial charge >= 0.3 is 5.97 Å². The molecule has 0 aliphatic heterocycles. The van der Waals surface area contributed by atoms with Crippen molar-refractivity contribution >= 4 is 44.7 Å². The van der Waals surface area contributed by atoms with Gasteiger partial charge in [0, 0.05) is 27.9 Å². The molecular weight excluding hydrogens is 344 g/mol. The lowest BCUT2D eigenvalue weighted by molar-refractivity contribution is -0.384. The number of carbonyl (C=O) groups is 2. The van der Waals surface area contributed by atoms with E-state index in [1.54, 1.807) is 30.3 Å². The minimum absolute atomic E-state index is 0.0250. The zero-order valence-electron chi connectivity index (χ0n) is 13.0. The van der Waals surface area contributed by atoms with E-state index >= 15 is 0 Å². The van der Waals surface area contributed by atoms with Gasteiger partial charge in [0.05, 0.1) is 22.5 Å². The number of rotatable bonds is 4. The number of hydrogen-bond acceptors (Lipinski definition) is 6. The molecule has 1 heterocycles. The van der Waals surface area contributed by atoms with Gasteiger partial charge in [0.15, 0.2) is 0 Å². The Morgan fingerprint density at radius 1 is 1.16 bits per heavy atom. The Bertz CT molecular complexity index is 996. The maximum atomic E-state index is 12.4. The number of carbonyl (C=O) groups excluding carboxylic acids is 2. The van der Waals surface area contributed by atoms with E-state index in [0.717, 1.165) is 4.70 Å². The fraction of sp³-hybridized carbons (Fsp3) is 0.0588. The number of anilines is 1. The summed E-state index contributed by atoms with van der Waals surface area (Å²) in [6.07, 6.45) is 0. The number of methoxy groups -OCH3 is 1. The number of ether oxygens (including phenoxy) is 1. The molecule has 1 aromatic heterocycles. The molecule has 0 radical (unpaired) electrons. The van der Waals surface area contributed by atoms with Gasteiger partial charge in [-0.15, -0.1) is 11.3 Å². The van der Waals surface area contributed by atoms with Crippen LogP contribution >= 0.6 is 11.3 Å². The van der Waals surface area contributed by atoms with Crippen molar-refractivity contribution in [2.24, 2.45) is 0 Å². The van der Waals surface area contributed by atoms with Crippen LogP contribution in [0.4, 0.5) is 11.4 Å². The fourth-order valence-electron chi connectivity index (χ4n) is 2.29. The van der Waals surface area contributed by atoms with Crippen molar-refractivity contribution in [1.29, 1.82) is 0 Å². The number of fused-ring (bicyclic) bond motifs is 1. The van der Waals surface area contributed by atoms with Crippen LogP contribution in [-0.4, -0.2) is 23.9 Å². The van der Waals surface area contributed by atoms with Crippen molar-refractivity contribution in [3.05, 3.63) is 69.1 Å². The van der Waals surface area contributed by atoms with Gasteiger partial charge in [-0.05, 0) is 30.3 Å². The van der Waals surface area contributed by atoms with Crippen LogP contribution in [0.15, 0.2) is 48.5 Å². The molecule has 0 fully saturated rings. The largest absolute Gasteiger partial charge is 0.465 e. The first-order chi connectivity index (χ1) is 12.0. The Kier molecular flexibility index (Phi) is 4.44. The first kappa shape index (κ1) is 16.6. The number of nitrogens with zero attached hydrogens (tertiary/aromatic N) is 1. The van der Waals surface area contributed by atoms with Crippen LogP contribution in [0.1, 0.15) is 20.0 Å². The smallest absolute Gasteiger partial charge is 0.337 e. The van der Waals surface area contributed by atoms with Gasteiger partial charge in [0.2, 0.25) is 0 Å². The molecular formula is C17H12N2O5S. The molecule has 1 amide bonds. The maximum absolute atomic E-state index is 12.4. The monoisotopic (exact) mass is 356 g/mol. The number of hydrogen-bond donors (Lipinski definition) is 1. The maximum Gasteiger partial charge on any atom is 0.337 e. The predicted octanol–water partition coefficient (Wildman–Crippen LogP) is 3.85. The highest BCUT2D eigenvalue weighted by Gasteiger charge is 2.14. The average Bonchev–Trinajstić information content (AvgIpc) is 3.04. The zero-order chi connectivity index (χ0) is 18.0. The lowest BCUT2D eigenvalue weighted by atomic mass is 10.2. The number of nitro benzene ring substituents is 1. The molecule has 0 saturated heterocycles. The van der Waals surface area contributed by atoms with E-state index in [0.29, 0.717) is 21.5 Å². The number of benzene rings is 2. The molecule has 0 aliphatic rings. The summed E-state index contributed by atoms with van der Waals surface area (Å²) in [6, 6.07) is 12.4. The van der Waals surface area contributed by atoms with Crippen LogP contribution in [0, 0.1) is 10.1 Å². The van der Waals surface area contributed by atoms with Gasteiger partial charge in [-0.25, -0.2) is 4.79 Å². The third kappa shape index (κ3) is 3.48. The summed E-state index contributed by atoms with van der Waals surface area (Å²) in [6.45, 7) is 0. The Hall–Kier alpha value is -3.26. The summed E-state index contributed by atoms with van der Waals surface area (Å²) < 4.78 is 5.42. The minimum Gasteiger partial charge on any atom is -0.465 e. The Labute approximate surface area is 146 Å². The highest BCUT2D eigenvalue weighted by Crippen LogP contribution is 2.29. The number of nitro groups is 1. The van der Waals surface area contributed by atoms with Crippen LogP contribution < -0.4 is 5.32 Å². The number of thiophene rings is 1. The van der Waals surface area contributed by atoms with Crippen molar-refractivity contribution in [1.82, 2.24) is 0 Å². The minimum atomic E-state index is -0.495. The van der Waals surface area contributed by atoms with Gasteiger partial charge in [-0.3, -0.25) is 14.9 Å². The van der Waals surface area contributed by atoms with E-state index in [1.807, 2.05) is 0 Å². The van der Waals surface area contributed by atoms with Gasteiger partial charge < -0.3 is 10.1 Å². The number of amides is 1. The number of nitrogens with one attached hydrogen (secondary N) is 1. The Morgan fingerprint density at radius 2 is 1.96 bits per heavy atom. The van der Waals surface area contributed by atoms with E-state index in [-0.39, 0.29) is 11.6 Å². The van der Waals surface area contributed by atoms with Gasteiger partial charge in [-0.2, -0.15) is 0 Å². The predicted molar refractivity (Wildman–Crippen MR) is 94.2 cm³/mol. The molecule has 2 aromatic carbocycles. The number of esters is 1. The molecule has 0 atom stereocenters. The van der Waals surface area contributed by atoms with Crippen molar-refractivity contribution in [3.63, 3.8) is 0 Å². The second-order valence-electron chi connectivity index (χ2n) is 5.12. The molecule has 126 valence electrons. The normalized spacial score (nSPS) is 10.4. The van der Waals surface area contributed by atoms with Crippen LogP contribution in [0.2, 0.25) is 0 Å². The third-order valence-corrected chi connectivity index (χ3v) is 4.59. The molecule has 0 unspecified atom stereocenters. The summed E-state index contributed by atoms with van der Waals surface area (Å²) in [5.74, 6) is -0.851. The van der Waals surface area contributed by atoms with Crippen molar-refractivity contribution < 1.29 is 19.2 Å². The number of non-ortho nitro benzene ring substituents is 1. The van der Waals surface area contributed by atoms with Gasteiger partial charge in [0.1, 0.15) is 0 Å². The molecule has 0 spiro atoms. The SMILES string of the molecule is COC(=O)c1cccc(NC(=O)c2cc3cc([N+](=O)[O-])ccc3s2)c1. The highest BCUT2D eigenvalue weighted by molar-refractivity contribution is 7.20. The molecule has 3 rings (SSSR count). The Balaban J connectivity index is 1.85. The van der Waals surface area contributed by atoms with Crippen LogP contribution in [0.5, 0.6) is 0 Å². The molecule has 0 bridgehead atoms. The highest BCUT2D eigenvalue weighted by atomic mass is 32.1. The van der Waals surface area contributed by atoms with Crippen molar-refractivity contribution in [2.75, 3.05) is 12.4 Å². The summed E-state index contributed by atoms with van der Waals surface area (Å²) in [4.78, 5) is 34.7. The van der Waals surface area contributed by atoms with Gasteiger partial charge in [0.25, 0.3) is 11.6 Å². The van der Waals surface area contributed by atoms with Crippen LogP contribution in [-0.2, 0) is 4.74 Å². The van der Waals surface area contributed by atoms with Crippen LogP contribution in [0.25, 0.3) is 10.1 Å². The van der Waals surface area contributed by atoms with E-state index in [2.05, 4.69) is 10.1 Å². The fourth-order valence-corrected chi connectivity index (χ4v) is 3.23. The van der Waals surface area contributed by atoms with Gasteiger partial charge in [-0.1, -0.05) is 6.07 Å². The average molecular weight is 356 g/mol. The van der Waals surface area contributed by atoms with E-state index in [9.17, 15) is 19.7 Å². The zero-order valence-corrected chi connectivity index (χ0v) is 13.8. The summed E-state index contributed by atoms with van der Waals surface area (Å²) in [5, 5.41) is 14.2.